The van der Waals surface area contributed by atoms with Crippen molar-refractivity contribution in [3.63, 3.8) is 0 Å². The van der Waals surface area contributed by atoms with E-state index >= 15 is 0 Å². The Hall–Kier alpha value is -1.94. The molecule has 0 aliphatic carbocycles. The van der Waals surface area contributed by atoms with E-state index in [9.17, 15) is 4.39 Å². The molecule has 0 radical (unpaired) electrons. The first kappa shape index (κ1) is 13.5. The first-order valence-corrected chi connectivity index (χ1v) is 6.21. The van der Waals surface area contributed by atoms with Crippen LogP contribution in [0.2, 0.25) is 0 Å². The number of hydrogen-bond donors (Lipinski definition) is 1. The molecule has 0 aliphatic rings. The Bertz CT molecular complexity index is 506. The van der Waals surface area contributed by atoms with Crippen LogP contribution < -0.4 is 5.32 Å². The second-order valence-electron chi connectivity index (χ2n) is 4.77. The van der Waals surface area contributed by atoms with Gasteiger partial charge in [-0.1, -0.05) is 18.2 Å². The highest BCUT2D eigenvalue weighted by Crippen LogP contribution is 2.09. The van der Waals surface area contributed by atoms with E-state index in [1.54, 1.807) is 12.1 Å². The van der Waals surface area contributed by atoms with Crippen molar-refractivity contribution in [1.29, 1.82) is 0 Å². The van der Waals surface area contributed by atoms with Gasteiger partial charge in [0.15, 0.2) is 0 Å². The lowest BCUT2D eigenvalue weighted by atomic mass is 10.2. The first-order chi connectivity index (χ1) is 9.13. The minimum absolute atomic E-state index is 0.213. The maximum absolute atomic E-state index is 12.8. The SMILES string of the molecule is CN(C)Cc1ccc(NCc2ccc(F)cc2)nc1. The number of rotatable bonds is 5. The lowest BCUT2D eigenvalue weighted by Gasteiger charge is -2.10. The van der Waals surface area contributed by atoms with Crippen LogP contribution in [0.5, 0.6) is 0 Å². The van der Waals surface area contributed by atoms with Crippen molar-refractivity contribution < 1.29 is 4.39 Å². The van der Waals surface area contributed by atoms with Gasteiger partial charge in [0.05, 0.1) is 0 Å². The van der Waals surface area contributed by atoms with Crippen molar-refractivity contribution in [2.24, 2.45) is 0 Å². The second-order valence-corrected chi connectivity index (χ2v) is 4.77. The first-order valence-electron chi connectivity index (χ1n) is 6.21. The average Bonchev–Trinajstić information content (AvgIpc) is 2.39. The van der Waals surface area contributed by atoms with Crippen molar-refractivity contribution in [2.45, 2.75) is 13.1 Å². The predicted molar refractivity (Wildman–Crippen MR) is 75.4 cm³/mol. The molecule has 100 valence electrons. The van der Waals surface area contributed by atoms with Crippen molar-refractivity contribution in [3.05, 3.63) is 59.5 Å². The van der Waals surface area contributed by atoms with Crippen molar-refractivity contribution in [1.82, 2.24) is 9.88 Å². The highest BCUT2D eigenvalue weighted by Gasteiger charge is 1.98. The van der Waals surface area contributed by atoms with Gasteiger partial charge in [-0.25, -0.2) is 9.37 Å². The summed E-state index contributed by atoms with van der Waals surface area (Å²) in [6.07, 6.45) is 1.87. The molecule has 0 atom stereocenters. The highest BCUT2D eigenvalue weighted by atomic mass is 19.1. The molecule has 0 saturated carbocycles. The molecule has 1 N–H and O–H groups in total. The highest BCUT2D eigenvalue weighted by molar-refractivity contribution is 5.36. The van der Waals surface area contributed by atoms with Gasteiger partial charge < -0.3 is 10.2 Å². The number of pyridine rings is 1. The fraction of sp³-hybridized carbons (Fsp3) is 0.267. The van der Waals surface area contributed by atoms with Gasteiger partial charge in [-0.2, -0.15) is 0 Å². The van der Waals surface area contributed by atoms with Crippen LogP contribution in [0.1, 0.15) is 11.1 Å². The molecule has 0 saturated heterocycles. The van der Waals surface area contributed by atoms with Crippen molar-refractivity contribution in [2.75, 3.05) is 19.4 Å². The fourth-order valence-corrected chi connectivity index (χ4v) is 1.78. The standard InChI is InChI=1S/C15H18FN3/c1-19(2)11-13-5-8-15(18-10-13)17-9-12-3-6-14(16)7-4-12/h3-8,10H,9,11H2,1-2H3,(H,17,18). The number of hydrogen-bond acceptors (Lipinski definition) is 3. The second kappa shape index (κ2) is 6.29. The summed E-state index contributed by atoms with van der Waals surface area (Å²) < 4.78 is 12.8. The van der Waals surface area contributed by atoms with Crippen LogP contribution >= 0.6 is 0 Å². The van der Waals surface area contributed by atoms with Gasteiger partial charge in [0.2, 0.25) is 0 Å². The molecule has 3 nitrogen and oxygen atoms in total. The normalized spacial score (nSPS) is 10.7. The van der Waals surface area contributed by atoms with Crippen LogP contribution in [-0.4, -0.2) is 24.0 Å². The minimum Gasteiger partial charge on any atom is -0.366 e. The van der Waals surface area contributed by atoms with Crippen molar-refractivity contribution in [3.8, 4) is 0 Å². The van der Waals surface area contributed by atoms with E-state index in [1.807, 2.05) is 26.4 Å². The predicted octanol–water partition coefficient (Wildman–Crippen LogP) is 2.89. The van der Waals surface area contributed by atoms with Crippen LogP contribution in [0.4, 0.5) is 10.2 Å². The number of anilines is 1. The number of aromatic nitrogens is 1. The molecule has 0 aliphatic heterocycles. The van der Waals surface area contributed by atoms with E-state index in [4.69, 9.17) is 0 Å². The smallest absolute Gasteiger partial charge is 0.126 e. The molecule has 19 heavy (non-hydrogen) atoms. The van der Waals surface area contributed by atoms with E-state index in [0.717, 1.165) is 17.9 Å². The van der Waals surface area contributed by atoms with Crippen molar-refractivity contribution >= 4 is 5.82 Å². The molecule has 0 spiro atoms. The van der Waals surface area contributed by atoms with Crippen LogP contribution in [0, 0.1) is 5.82 Å². The van der Waals surface area contributed by atoms with E-state index in [0.29, 0.717) is 6.54 Å². The molecule has 2 aromatic rings. The Morgan fingerprint density at radius 3 is 2.32 bits per heavy atom. The largest absolute Gasteiger partial charge is 0.366 e. The summed E-state index contributed by atoms with van der Waals surface area (Å²) in [5.41, 5.74) is 2.21. The van der Waals surface area contributed by atoms with Crippen LogP contribution in [-0.2, 0) is 13.1 Å². The monoisotopic (exact) mass is 259 g/mol. The maximum atomic E-state index is 12.8. The summed E-state index contributed by atoms with van der Waals surface area (Å²) >= 11 is 0. The Kier molecular flexibility index (Phi) is 4.47. The van der Waals surface area contributed by atoms with Gasteiger partial charge in [0, 0.05) is 19.3 Å². The van der Waals surface area contributed by atoms with Gasteiger partial charge in [-0.15, -0.1) is 0 Å². The fourth-order valence-electron chi connectivity index (χ4n) is 1.78. The Balaban J connectivity index is 1.91. The molecule has 0 unspecified atom stereocenters. The molecular weight excluding hydrogens is 241 g/mol. The quantitative estimate of drug-likeness (QED) is 0.895. The molecule has 2 rings (SSSR count). The number of nitrogens with zero attached hydrogens (tertiary/aromatic N) is 2. The molecule has 1 aromatic carbocycles. The third-order valence-electron chi connectivity index (χ3n) is 2.71. The van der Waals surface area contributed by atoms with E-state index < -0.39 is 0 Å². The van der Waals surface area contributed by atoms with Gasteiger partial charge >= 0.3 is 0 Å². The molecular formula is C15H18FN3. The zero-order valence-electron chi connectivity index (χ0n) is 11.2. The Morgan fingerprint density at radius 1 is 1.05 bits per heavy atom. The molecule has 0 fully saturated rings. The summed E-state index contributed by atoms with van der Waals surface area (Å²) in [5, 5.41) is 3.21. The van der Waals surface area contributed by atoms with Gasteiger partial charge in [-0.3, -0.25) is 0 Å². The lowest BCUT2D eigenvalue weighted by Crippen LogP contribution is -2.11. The zero-order chi connectivity index (χ0) is 13.7. The summed E-state index contributed by atoms with van der Waals surface area (Å²) in [4.78, 5) is 6.45. The topological polar surface area (TPSA) is 28.2 Å². The zero-order valence-corrected chi connectivity index (χ0v) is 11.2. The third-order valence-corrected chi connectivity index (χ3v) is 2.71. The average molecular weight is 259 g/mol. The van der Waals surface area contributed by atoms with E-state index in [-0.39, 0.29) is 5.82 Å². The van der Waals surface area contributed by atoms with Crippen LogP contribution in [0.25, 0.3) is 0 Å². The summed E-state index contributed by atoms with van der Waals surface area (Å²) in [6, 6.07) is 10.5. The van der Waals surface area contributed by atoms with Gasteiger partial charge in [0.1, 0.15) is 11.6 Å². The molecule has 4 heteroatoms. The Labute approximate surface area is 113 Å². The number of nitrogens with one attached hydrogen (secondary N) is 1. The van der Waals surface area contributed by atoms with Crippen LogP contribution in [0.15, 0.2) is 42.6 Å². The molecule has 0 amide bonds. The molecule has 1 aromatic heterocycles. The molecule has 1 heterocycles. The number of benzene rings is 1. The Morgan fingerprint density at radius 2 is 1.74 bits per heavy atom. The third kappa shape index (κ3) is 4.34. The summed E-state index contributed by atoms with van der Waals surface area (Å²) in [5.74, 6) is 0.613. The summed E-state index contributed by atoms with van der Waals surface area (Å²) in [6.45, 7) is 1.52. The van der Waals surface area contributed by atoms with Gasteiger partial charge in [-0.05, 0) is 43.4 Å². The minimum atomic E-state index is -0.213. The van der Waals surface area contributed by atoms with E-state index in [1.165, 1.54) is 17.7 Å². The maximum Gasteiger partial charge on any atom is 0.126 e. The summed E-state index contributed by atoms with van der Waals surface area (Å²) in [7, 11) is 4.06. The van der Waals surface area contributed by atoms with Crippen LogP contribution in [0.3, 0.4) is 0 Å². The lowest BCUT2D eigenvalue weighted by molar-refractivity contribution is 0.402. The van der Waals surface area contributed by atoms with E-state index in [2.05, 4.69) is 21.3 Å². The number of halogens is 1. The van der Waals surface area contributed by atoms with Gasteiger partial charge in [0.25, 0.3) is 0 Å². The molecule has 0 bridgehead atoms.